The molecule has 11 heavy (non-hydrogen) atoms. The van der Waals surface area contributed by atoms with E-state index in [9.17, 15) is 0 Å². The molecule has 2 unspecified atom stereocenters. The number of rotatable bonds is 3. The van der Waals surface area contributed by atoms with Gasteiger partial charge in [-0.05, 0) is 38.1 Å². The second kappa shape index (κ2) is 3.11. The topological polar surface area (TPSA) is 32.3 Å². The van der Waals surface area contributed by atoms with Crippen molar-refractivity contribution in [2.45, 2.75) is 31.7 Å². The Hall–Kier alpha value is -0.0800. The van der Waals surface area contributed by atoms with Crippen molar-refractivity contribution in [3.63, 3.8) is 0 Å². The van der Waals surface area contributed by atoms with Gasteiger partial charge in [-0.3, -0.25) is 0 Å². The molecule has 0 spiro atoms. The minimum Gasteiger partial charge on any atom is -0.396 e. The molecule has 64 valence electrons. The average Bonchev–Trinajstić information content (AvgIpc) is 2.68. The van der Waals surface area contributed by atoms with Crippen LogP contribution in [0.15, 0.2) is 0 Å². The third kappa shape index (κ3) is 1.57. The van der Waals surface area contributed by atoms with Crippen LogP contribution in [0.4, 0.5) is 0 Å². The van der Waals surface area contributed by atoms with Crippen molar-refractivity contribution in [2.24, 2.45) is 11.8 Å². The van der Waals surface area contributed by atoms with Crippen molar-refractivity contribution in [1.82, 2.24) is 5.32 Å². The summed E-state index contributed by atoms with van der Waals surface area (Å²) in [5.41, 5.74) is 0. The molecule has 0 bridgehead atoms. The van der Waals surface area contributed by atoms with Gasteiger partial charge in [0.25, 0.3) is 0 Å². The molecule has 1 saturated heterocycles. The molecule has 1 saturated carbocycles. The average molecular weight is 155 g/mol. The Labute approximate surface area is 68.0 Å². The van der Waals surface area contributed by atoms with Crippen LogP contribution in [-0.2, 0) is 0 Å². The number of hydrogen-bond donors (Lipinski definition) is 2. The highest BCUT2D eigenvalue weighted by Gasteiger charge is 2.36. The maximum Gasteiger partial charge on any atom is 0.0476 e. The molecular weight excluding hydrogens is 138 g/mol. The van der Waals surface area contributed by atoms with Crippen molar-refractivity contribution < 1.29 is 5.11 Å². The van der Waals surface area contributed by atoms with Gasteiger partial charge in [0.1, 0.15) is 0 Å². The van der Waals surface area contributed by atoms with Gasteiger partial charge in [-0.15, -0.1) is 0 Å². The lowest BCUT2D eigenvalue weighted by Gasteiger charge is -2.20. The van der Waals surface area contributed by atoms with E-state index >= 15 is 0 Å². The molecule has 2 aliphatic rings. The molecule has 2 N–H and O–H groups in total. The maximum atomic E-state index is 9.16. The second-order valence-electron chi connectivity index (χ2n) is 3.89. The summed E-state index contributed by atoms with van der Waals surface area (Å²) in [5, 5.41) is 12.6. The van der Waals surface area contributed by atoms with Crippen LogP contribution < -0.4 is 5.32 Å². The lowest BCUT2D eigenvalue weighted by atomic mass is 9.94. The van der Waals surface area contributed by atoms with Gasteiger partial charge in [0.05, 0.1) is 0 Å². The number of nitrogens with one attached hydrogen (secondary N) is 1. The smallest absolute Gasteiger partial charge is 0.0476 e. The third-order valence-corrected chi connectivity index (χ3v) is 3.05. The fourth-order valence-electron chi connectivity index (χ4n) is 2.21. The van der Waals surface area contributed by atoms with Crippen molar-refractivity contribution >= 4 is 0 Å². The second-order valence-corrected chi connectivity index (χ2v) is 3.89. The van der Waals surface area contributed by atoms with Gasteiger partial charge in [-0.2, -0.15) is 0 Å². The summed E-state index contributed by atoms with van der Waals surface area (Å²) in [6.45, 7) is 1.55. The summed E-state index contributed by atoms with van der Waals surface area (Å²) in [4.78, 5) is 0. The van der Waals surface area contributed by atoms with Crippen LogP contribution in [0, 0.1) is 11.8 Å². The summed E-state index contributed by atoms with van der Waals surface area (Å²) in [6.07, 6.45) is 5.28. The Morgan fingerprint density at radius 2 is 2.18 bits per heavy atom. The van der Waals surface area contributed by atoms with E-state index < -0.39 is 0 Å². The minimum atomic E-state index is 0.391. The Kier molecular flexibility index (Phi) is 2.14. The summed E-state index contributed by atoms with van der Waals surface area (Å²) < 4.78 is 0. The van der Waals surface area contributed by atoms with E-state index in [1.165, 1.54) is 25.7 Å². The zero-order valence-corrected chi connectivity index (χ0v) is 6.92. The number of hydrogen-bond acceptors (Lipinski definition) is 2. The monoisotopic (exact) mass is 155 g/mol. The zero-order valence-electron chi connectivity index (χ0n) is 6.92. The molecule has 1 aliphatic carbocycles. The number of aliphatic hydroxyl groups excluding tert-OH is 1. The molecule has 0 radical (unpaired) electrons. The van der Waals surface area contributed by atoms with Gasteiger partial charge in [-0.25, -0.2) is 0 Å². The molecule has 0 aromatic rings. The molecule has 2 atom stereocenters. The molecule has 2 nitrogen and oxygen atoms in total. The lowest BCUT2D eigenvalue weighted by molar-refractivity contribution is 0.179. The Morgan fingerprint density at radius 3 is 2.64 bits per heavy atom. The van der Waals surface area contributed by atoms with E-state index in [4.69, 9.17) is 5.11 Å². The van der Waals surface area contributed by atoms with Crippen LogP contribution in [0.2, 0.25) is 0 Å². The van der Waals surface area contributed by atoms with Gasteiger partial charge >= 0.3 is 0 Å². The van der Waals surface area contributed by atoms with Gasteiger partial charge in [0, 0.05) is 18.6 Å². The highest BCUT2D eigenvalue weighted by Crippen LogP contribution is 2.39. The van der Waals surface area contributed by atoms with Crippen LogP contribution in [0.1, 0.15) is 25.7 Å². The standard InChI is InChI=1S/C9H17NO/c11-6-8(7-3-4-7)9-2-1-5-10-9/h7-11H,1-6H2. The first-order valence-electron chi connectivity index (χ1n) is 4.76. The third-order valence-electron chi connectivity index (χ3n) is 3.05. The van der Waals surface area contributed by atoms with Gasteiger partial charge in [0.15, 0.2) is 0 Å². The zero-order chi connectivity index (χ0) is 7.68. The van der Waals surface area contributed by atoms with E-state index in [-0.39, 0.29) is 0 Å². The van der Waals surface area contributed by atoms with Crippen LogP contribution in [-0.4, -0.2) is 24.3 Å². The van der Waals surface area contributed by atoms with Crippen molar-refractivity contribution in [3.05, 3.63) is 0 Å². The summed E-state index contributed by atoms with van der Waals surface area (Å²) >= 11 is 0. The van der Waals surface area contributed by atoms with Crippen molar-refractivity contribution in [3.8, 4) is 0 Å². The molecule has 1 heterocycles. The SMILES string of the molecule is OCC(C1CC1)C1CCCN1. The maximum absolute atomic E-state index is 9.16. The predicted octanol–water partition coefficient (Wildman–Crippen LogP) is 0.757. The van der Waals surface area contributed by atoms with E-state index in [0.717, 1.165) is 12.5 Å². The Morgan fingerprint density at radius 1 is 1.36 bits per heavy atom. The van der Waals surface area contributed by atoms with Crippen LogP contribution in [0.5, 0.6) is 0 Å². The molecule has 2 heteroatoms. The Bertz CT molecular complexity index is 128. The number of aliphatic hydroxyl groups is 1. The normalized spacial score (nSPS) is 34.1. The van der Waals surface area contributed by atoms with Crippen molar-refractivity contribution in [1.29, 1.82) is 0 Å². The van der Waals surface area contributed by atoms with Gasteiger partial charge < -0.3 is 10.4 Å². The minimum absolute atomic E-state index is 0.391. The molecule has 0 aromatic heterocycles. The largest absolute Gasteiger partial charge is 0.396 e. The Balaban J connectivity index is 1.87. The van der Waals surface area contributed by atoms with E-state index in [2.05, 4.69) is 5.32 Å². The molecule has 0 aromatic carbocycles. The molecule has 2 rings (SSSR count). The molecule has 0 amide bonds. The lowest BCUT2D eigenvalue weighted by Crippen LogP contribution is -2.33. The first kappa shape index (κ1) is 7.56. The predicted molar refractivity (Wildman–Crippen MR) is 44.3 cm³/mol. The van der Waals surface area contributed by atoms with Crippen LogP contribution in [0.25, 0.3) is 0 Å². The summed E-state index contributed by atoms with van der Waals surface area (Å²) in [7, 11) is 0. The highest BCUT2D eigenvalue weighted by molar-refractivity contribution is 4.90. The van der Waals surface area contributed by atoms with E-state index in [0.29, 0.717) is 18.6 Å². The summed E-state index contributed by atoms with van der Waals surface area (Å²) in [6, 6.07) is 0.632. The quantitative estimate of drug-likeness (QED) is 0.630. The fraction of sp³-hybridized carbons (Fsp3) is 1.00. The molecule has 1 aliphatic heterocycles. The highest BCUT2D eigenvalue weighted by atomic mass is 16.3. The van der Waals surface area contributed by atoms with Crippen molar-refractivity contribution in [2.75, 3.05) is 13.2 Å². The van der Waals surface area contributed by atoms with Crippen LogP contribution in [0.3, 0.4) is 0 Å². The first-order valence-corrected chi connectivity index (χ1v) is 4.76. The molecular formula is C9H17NO. The summed E-state index contributed by atoms with van der Waals surface area (Å²) in [5.74, 6) is 1.41. The van der Waals surface area contributed by atoms with E-state index in [1.807, 2.05) is 0 Å². The first-order chi connectivity index (χ1) is 5.42. The van der Waals surface area contributed by atoms with E-state index in [1.54, 1.807) is 0 Å². The van der Waals surface area contributed by atoms with Gasteiger partial charge in [-0.1, -0.05) is 0 Å². The van der Waals surface area contributed by atoms with Gasteiger partial charge in [0.2, 0.25) is 0 Å². The molecule has 2 fully saturated rings. The fourth-order valence-corrected chi connectivity index (χ4v) is 2.21. The van der Waals surface area contributed by atoms with Crippen LogP contribution >= 0.6 is 0 Å².